The highest BCUT2D eigenvalue weighted by atomic mass is 19.1. The van der Waals surface area contributed by atoms with E-state index in [0.717, 1.165) is 12.1 Å². The maximum atomic E-state index is 13.5. The monoisotopic (exact) mass is 278 g/mol. The second kappa shape index (κ2) is 5.47. The molecule has 0 fully saturated rings. The summed E-state index contributed by atoms with van der Waals surface area (Å²) in [7, 11) is 0. The zero-order valence-corrected chi connectivity index (χ0v) is 10.5. The minimum Gasteiger partial charge on any atom is -0.438 e. The molecule has 1 aromatic carbocycles. The van der Waals surface area contributed by atoms with Crippen LogP contribution in [0.4, 0.5) is 15.9 Å². The van der Waals surface area contributed by atoms with Gasteiger partial charge < -0.3 is 10.5 Å². The molecule has 104 valence electrons. The van der Waals surface area contributed by atoms with Gasteiger partial charge in [-0.3, -0.25) is 10.1 Å². The number of anilines is 1. The molecule has 2 N–H and O–H groups in total. The van der Waals surface area contributed by atoms with Crippen LogP contribution in [0.25, 0.3) is 0 Å². The zero-order chi connectivity index (χ0) is 14.7. The number of nitro benzene ring substituents is 1. The van der Waals surface area contributed by atoms with Crippen LogP contribution in [0.5, 0.6) is 11.6 Å². The molecule has 0 atom stereocenters. The van der Waals surface area contributed by atoms with Gasteiger partial charge in [0.2, 0.25) is 11.7 Å². The summed E-state index contributed by atoms with van der Waals surface area (Å²) in [6.45, 7) is 1.85. The molecule has 0 spiro atoms. The summed E-state index contributed by atoms with van der Waals surface area (Å²) in [5.41, 5.74) is 5.66. The highest BCUT2D eigenvalue weighted by Gasteiger charge is 2.16. The fraction of sp³-hybridized carbons (Fsp3) is 0.167. The minimum absolute atomic E-state index is 0.0981. The first-order valence-electron chi connectivity index (χ1n) is 5.74. The number of ether oxygens (including phenoxy) is 1. The fourth-order valence-corrected chi connectivity index (χ4v) is 1.64. The highest BCUT2D eigenvalue weighted by molar-refractivity contribution is 5.47. The van der Waals surface area contributed by atoms with E-state index in [9.17, 15) is 14.5 Å². The van der Waals surface area contributed by atoms with E-state index in [1.165, 1.54) is 12.4 Å². The van der Waals surface area contributed by atoms with E-state index in [0.29, 0.717) is 12.0 Å². The quantitative estimate of drug-likeness (QED) is 0.680. The maximum Gasteiger partial charge on any atom is 0.305 e. The number of benzene rings is 1. The molecule has 0 amide bonds. The van der Waals surface area contributed by atoms with Gasteiger partial charge in [0.15, 0.2) is 0 Å². The number of hydrogen-bond donors (Lipinski definition) is 1. The molecule has 0 aliphatic heterocycles. The van der Waals surface area contributed by atoms with Crippen LogP contribution in [0.15, 0.2) is 24.5 Å². The van der Waals surface area contributed by atoms with Crippen LogP contribution in [0, 0.1) is 15.9 Å². The summed E-state index contributed by atoms with van der Waals surface area (Å²) in [6, 6.07) is 3.25. The van der Waals surface area contributed by atoms with Gasteiger partial charge in [-0.15, -0.1) is 0 Å². The average Bonchev–Trinajstić information content (AvgIpc) is 2.38. The lowest BCUT2D eigenvalue weighted by molar-refractivity contribution is -0.387. The predicted molar refractivity (Wildman–Crippen MR) is 69.0 cm³/mol. The van der Waals surface area contributed by atoms with Crippen molar-refractivity contribution in [3.8, 4) is 11.6 Å². The Morgan fingerprint density at radius 3 is 2.80 bits per heavy atom. The van der Waals surface area contributed by atoms with Gasteiger partial charge in [0.1, 0.15) is 17.9 Å². The molecule has 2 rings (SSSR count). The summed E-state index contributed by atoms with van der Waals surface area (Å²) in [5.74, 6) is -0.401. The van der Waals surface area contributed by atoms with E-state index >= 15 is 0 Å². The molecule has 20 heavy (non-hydrogen) atoms. The Hall–Kier alpha value is -2.77. The first-order valence-corrected chi connectivity index (χ1v) is 5.74. The molecule has 0 saturated carbocycles. The summed E-state index contributed by atoms with van der Waals surface area (Å²) >= 11 is 0. The van der Waals surface area contributed by atoms with Crippen molar-refractivity contribution >= 4 is 11.5 Å². The van der Waals surface area contributed by atoms with Crippen molar-refractivity contribution in [2.75, 3.05) is 5.73 Å². The predicted octanol–water partition coefficient (Wildman–Crippen LogP) is 2.46. The van der Waals surface area contributed by atoms with Gasteiger partial charge in [0, 0.05) is 12.1 Å². The standard InChI is InChI=1S/C12H11FN4O3/c1-2-8-11(14)15-6-16-12(8)20-7-3-4-10(17(18)19)9(13)5-7/h3-6H,2H2,1H3,(H2,14,15,16). The molecule has 0 aliphatic carbocycles. The Bertz CT molecular complexity index is 663. The largest absolute Gasteiger partial charge is 0.438 e. The smallest absolute Gasteiger partial charge is 0.305 e. The number of nitrogens with two attached hydrogens (primary N) is 1. The third-order valence-electron chi connectivity index (χ3n) is 2.62. The minimum atomic E-state index is -0.979. The molecule has 7 nitrogen and oxygen atoms in total. The normalized spacial score (nSPS) is 10.3. The van der Waals surface area contributed by atoms with E-state index in [2.05, 4.69) is 9.97 Å². The van der Waals surface area contributed by atoms with Crippen molar-refractivity contribution in [1.29, 1.82) is 0 Å². The SMILES string of the molecule is CCc1c(N)ncnc1Oc1ccc([N+](=O)[O-])c(F)c1. The Labute approximate surface area is 113 Å². The van der Waals surface area contributed by atoms with E-state index in [1.54, 1.807) is 0 Å². The highest BCUT2D eigenvalue weighted by Crippen LogP contribution is 2.28. The topological polar surface area (TPSA) is 104 Å². The molecule has 0 radical (unpaired) electrons. The number of hydrogen-bond acceptors (Lipinski definition) is 6. The van der Waals surface area contributed by atoms with Crippen LogP contribution in [-0.4, -0.2) is 14.9 Å². The molecule has 0 saturated heterocycles. The van der Waals surface area contributed by atoms with Gasteiger partial charge in [-0.05, 0) is 12.5 Å². The van der Waals surface area contributed by atoms with Crippen molar-refractivity contribution in [2.45, 2.75) is 13.3 Å². The Morgan fingerprint density at radius 2 is 2.20 bits per heavy atom. The number of rotatable bonds is 4. The zero-order valence-electron chi connectivity index (χ0n) is 10.5. The summed E-state index contributed by atoms with van der Waals surface area (Å²) in [5, 5.41) is 10.5. The number of nitrogen functional groups attached to an aromatic ring is 1. The second-order valence-corrected chi connectivity index (χ2v) is 3.87. The number of nitro groups is 1. The van der Waals surface area contributed by atoms with Crippen LogP contribution >= 0.6 is 0 Å². The van der Waals surface area contributed by atoms with Crippen molar-refractivity contribution < 1.29 is 14.1 Å². The molecule has 0 aliphatic rings. The molecular formula is C12H11FN4O3. The van der Waals surface area contributed by atoms with Gasteiger partial charge in [-0.2, -0.15) is 4.39 Å². The van der Waals surface area contributed by atoms with E-state index < -0.39 is 16.4 Å². The number of nitrogens with zero attached hydrogens (tertiary/aromatic N) is 3. The van der Waals surface area contributed by atoms with Gasteiger partial charge in [0.25, 0.3) is 0 Å². The second-order valence-electron chi connectivity index (χ2n) is 3.87. The third kappa shape index (κ3) is 2.63. The lowest BCUT2D eigenvalue weighted by atomic mass is 10.2. The van der Waals surface area contributed by atoms with Crippen molar-refractivity contribution in [3.05, 3.63) is 46.0 Å². The molecule has 8 heteroatoms. The molecule has 1 heterocycles. The number of aromatic nitrogens is 2. The maximum absolute atomic E-state index is 13.5. The lowest BCUT2D eigenvalue weighted by Crippen LogP contribution is -2.02. The molecule has 0 bridgehead atoms. The third-order valence-corrected chi connectivity index (χ3v) is 2.62. The van der Waals surface area contributed by atoms with E-state index in [4.69, 9.17) is 10.5 Å². The lowest BCUT2D eigenvalue weighted by Gasteiger charge is -2.09. The Morgan fingerprint density at radius 1 is 1.45 bits per heavy atom. The molecule has 1 aromatic heterocycles. The van der Waals surface area contributed by atoms with Gasteiger partial charge in [-0.1, -0.05) is 6.92 Å². The van der Waals surface area contributed by atoms with Crippen LogP contribution in [0.2, 0.25) is 0 Å². The van der Waals surface area contributed by atoms with E-state index in [-0.39, 0.29) is 17.4 Å². The Balaban J connectivity index is 2.34. The first-order chi connectivity index (χ1) is 9.52. The fourth-order valence-electron chi connectivity index (χ4n) is 1.64. The summed E-state index contributed by atoms with van der Waals surface area (Å²) < 4.78 is 18.9. The first kappa shape index (κ1) is 13.7. The average molecular weight is 278 g/mol. The van der Waals surface area contributed by atoms with Crippen molar-refractivity contribution in [3.63, 3.8) is 0 Å². The van der Waals surface area contributed by atoms with Crippen LogP contribution < -0.4 is 10.5 Å². The molecular weight excluding hydrogens is 267 g/mol. The Kier molecular flexibility index (Phi) is 3.74. The molecule has 2 aromatic rings. The summed E-state index contributed by atoms with van der Waals surface area (Å²) in [6.07, 6.45) is 1.77. The number of halogens is 1. The van der Waals surface area contributed by atoms with Crippen LogP contribution in [0.3, 0.4) is 0 Å². The van der Waals surface area contributed by atoms with Gasteiger partial charge in [0.05, 0.1) is 10.5 Å². The molecule has 0 unspecified atom stereocenters. The van der Waals surface area contributed by atoms with Gasteiger partial charge in [-0.25, -0.2) is 9.97 Å². The van der Waals surface area contributed by atoms with Crippen LogP contribution in [-0.2, 0) is 6.42 Å². The van der Waals surface area contributed by atoms with Crippen molar-refractivity contribution in [1.82, 2.24) is 9.97 Å². The van der Waals surface area contributed by atoms with Crippen molar-refractivity contribution in [2.24, 2.45) is 0 Å². The van der Waals surface area contributed by atoms with Crippen LogP contribution in [0.1, 0.15) is 12.5 Å². The van der Waals surface area contributed by atoms with Gasteiger partial charge >= 0.3 is 5.69 Å². The van der Waals surface area contributed by atoms with E-state index in [1.807, 2.05) is 6.92 Å². The summed E-state index contributed by atoms with van der Waals surface area (Å²) in [4.78, 5) is 17.5.